The molecule has 28 heavy (non-hydrogen) atoms. The van der Waals surface area contributed by atoms with E-state index in [0.717, 1.165) is 12.4 Å². The molecule has 0 aromatic carbocycles. The summed E-state index contributed by atoms with van der Waals surface area (Å²) in [6.07, 6.45) is 1.84. The van der Waals surface area contributed by atoms with Gasteiger partial charge in [0, 0.05) is 46.3 Å². The van der Waals surface area contributed by atoms with Gasteiger partial charge >= 0.3 is 6.09 Å². The number of ether oxygens (including phenoxy) is 1. The zero-order chi connectivity index (χ0) is 20.6. The van der Waals surface area contributed by atoms with E-state index in [1.807, 2.05) is 20.8 Å². The van der Waals surface area contributed by atoms with Crippen molar-refractivity contribution in [3.63, 3.8) is 0 Å². The van der Waals surface area contributed by atoms with Crippen LogP contribution in [0.4, 0.5) is 4.79 Å². The number of rotatable bonds is 5. The number of carbonyl (C=O) groups excluding carboxylic acids is 2. The summed E-state index contributed by atoms with van der Waals surface area (Å²) in [5.41, 5.74) is -0.495. The molecule has 0 bridgehead atoms. The lowest BCUT2D eigenvalue weighted by Crippen LogP contribution is -2.54. The molecule has 1 aromatic heterocycles. The summed E-state index contributed by atoms with van der Waals surface area (Å²) in [6.45, 7) is 9.31. The zero-order valence-corrected chi connectivity index (χ0v) is 17.2. The van der Waals surface area contributed by atoms with Gasteiger partial charge in [-0.05, 0) is 39.3 Å². The van der Waals surface area contributed by atoms with Crippen LogP contribution >= 0.6 is 0 Å². The van der Waals surface area contributed by atoms with Gasteiger partial charge in [-0.25, -0.2) is 4.79 Å². The summed E-state index contributed by atoms with van der Waals surface area (Å²) in [6, 6.07) is 3.40. The molecular formula is C19H31N5O4. The molecule has 0 saturated carbocycles. The van der Waals surface area contributed by atoms with E-state index in [2.05, 4.69) is 20.5 Å². The molecule has 1 fully saturated rings. The Kier molecular flexibility index (Phi) is 7.71. The summed E-state index contributed by atoms with van der Waals surface area (Å²) < 4.78 is 10.4. The van der Waals surface area contributed by atoms with Crippen molar-refractivity contribution < 1.29 is 18.7 Å². The topological polar surface area (TPSA) is 99.4 Å². The number of aliphatic imine (C=N–C) groups is 1. The fourth-order valence-electron chi connectivity index (χ4n) is 2.80. The van der Waals surface area contributed by atoms with E-state index in [-0.39, 0.29) is 5.91 Å². The van der Waals surface area contributed by atoms with Gasteiger partial charge in [-0.15, -0.1) is 0 Å². The Labute approximate surface area is 166 Å². The molecule has 9 nitrogen and oxygen atoms in total. The third-order valence-electron chi connectivity index (χ3n) is 4.12. The van der Waals surface area contributed by atoms with Gasteiger partial charge in [0.05, 0.1) is 6.26 Å². The van der Waals surface area contributed by atoms with Gasteiger partial charge in [-0.3, -0.25) is 9.79 Å². The molecule has 0 aliphatic carbocycles. The van der Waals surface area contributed by atoms with Gasteiger partial charge in [-0.1, -0.05) is 0 Å². The third kappa shape index (κ3) is 6.79. The number of hydrogen-bond donors (Lipinski definition) is 2. The van der Waals surface area contributed by atoms with Crippen LogP contribution in [0, 0.1) is 0 Å². The molecule has 2 N–H and O–H groups in total. The normalized spacial score (nSPS) is 15.4. The highest BCUT2D eigenvalue weighted by atomic mass is 16.6. The quantitative estimate of drug-likeness (QED) is 0.447. The first-order chi connectivity index (χ1) is 13.3. The molecule has 0 radical (unpaired) electrons. The number of alkyl carbamates (subject to hydrolysis) is 1. The maximum Gasteiger partial charge on any atom is 0.407 e. The number of guanidine groups is 1. The maximum absolute atomic E-state index is 12.3. The van der Waals surface area contributed by atoms with Crippen LogP contribution in [0.15, 0.2) is 27.8 Å². The Morgan fingerprint density at radius 2 is 1.79 bits per heavy atom. The minimum absolute atomic E-state index is 0.0826. The van der Waals surface area contributed by atoms with E-state index in [9.17, 15) is 9.59 Å². The maximum atomic E-state index is 12.3. The van der Waals surface area contributed by atoms with E-state index in [0.29, 0.717) is 45.0 Å². The van der Waals surface area contributed by atoms with E-state index >= 15 is 0 Å². The Balaban J connectivity index is 1.66. The van der Waals surface area contributed by atoms with Crippen molar-refractivity contribution in [2.24, 2.45) is 4.99 Å². The van der Waals surface area contributed by atoms with E-state index in [1.165, 1.54) is 6.26 Å². The van der Waals surface area contributed by atoms with Gasteiger partial charge in [0.25, 0.3) is 5.91 Å². The lowest BCUT2D eigenvalue weighted by atomic mass is 10.2. The number of furan rings is 1. The standard InChI is InChI=1S/C19H31N5O4/c1-19(2,3)28-18(26)22-9-6-8-21-17(20-4)24-12-10-23(11-13-24)16(25)15-7-5-14-27-15/h5,7,14H,6,8-13H2,1-4H3,(H,20,21)(H,22,26). The second-order valence-electron chi connectivity index (χ2n) is 7.51. The first-order valence-corrected chi connectivity index (χ1v) is 9.55. The SMILES string of the molecule is CN=C(NCCCNC(=O)OC(C)(C)C)N1CCN(C(=O)c2ccco2)CC1. The average Bonchev–Trinajstić information content (AvgIpc) is 3.17. The van der Waals surface area contributed by atoms with Crippen molar-refractivity contribution in [2.45, 2.75) is 32.8 Å². The van der Waals surface area contributed by atoms with Crippen molar-refractivity contribution in [2.75, 3.05) is 46.3 Å². The van der Waals surface area contributed by atoms with Crippen molar-refractivity contribution in [3.05, 3.63) is 24.2 Å². The predicted molar refractivity (Wildman–Crippen MR) is 106 cm³/mol. The van der Waals surface area contributed by atoms with Gasteiger partial charge < -0.3 is 29.6 Å². The van der Waals surface area contributed by atoms with E-state index < -0.39 is 11.7 Å². The van der Waals surface area contributed by atoms with Crippen LogP contribution in [-0.4, -0.2) is 79.7 Å². The third-order valence-corrected chi connectivity index (χ3v) is 4.12. The molecule has 1 saturated heterocycles. The highest BCUT2D eigenvalue weighted by molar-refractivity contribution is 5.91. The highest BCUT2D eigenvalue weighted by Gasteiger charge is 2.25. The molecule has 1 aliphatic rings. The summed E-state index contributed by atoms with van der Waals surface area (Å²) in [7, 11) is 1.74. The Morgan fingerprint density at radius 3 is 2.36 bits per heavy atom. The van der Waals surface area contributed by atoms with Crippen LogP contribution < -0.4 is 10.6 Å². The molecule has 2 heterocycles. The molecule has 2 amide bonds. The minimum Gasteiger partial charge on any atom is -0.459 e. The second kappa shape index (κ2) is 10.0. The summed E-state index contributed by atoms with van der Waals surface area (Å²) in [5, 5.41) is 6.03. The first-order valence-electron chi connectivity index (χ1n) is 9.55. The average molecular weight is 393 g/mol. The van der Waals surface area contributed by atoms with Crippen molar-refractivity contribution >= 4 is 18.0 Å². The first kappa shape index (κ1) is 21.6. The van der Waals surface area contributed by atoms with Crippen LogP contribution in [0.2, 0.25) is 0 Å². The number of carbonyl (C=O) groups is 2. The largest absolute Gasteiger partial charge is 0.459 e. The summed E-state index contributed by atoms with van der Waals surface area (Å²) in [4.78, 5) is 32.1. The van der Waals surface area contributed by atoms with Crippen LogP contribution in [0.25, 0.3) is 0 Å². The van der Waals surface area contributed by atoms with Crippen molar-refractivity contribution in [1.29, 1.82) is 0 Å². The van der Waals surface area contributed by atoms with Gasteiger partial charge in [0.15, 0.2) is 11.7 Å². The molecular weight excluding hydrogens is 362 g/mol. The van der Waals surface area contributed by atoms with Crippen LogP contribution in [0.5, 0.6) is 0 Å². The molecule has 156 valence electrons. The Bertz CT molecular complexity index is 658. The molecule has 0 atom stereocenters. The molecule has 0 spiro atoms. The van der Waals surface area contributed by atoms with Crippen LogP contribution in [-0.2, 0) is 4.74 Å². The zero-order valence-electron chi connectivity index (χ0n) is 17.2. The molecule has 0 unspecified atom stereocenters. The van der Waals surface area contributed by atoms with Crippen LogP contribution in [0.1, 0.15) is 37.7 Å². The fraction of sp³-hybridized carbons (Fsp3) is 0.632. The highest BCUT2D eigenvalue weighted by Crippen LogP contribution is 2.09. The van der Waals surface area contributed by atoms with Gasteiger partial charge in [0.2, 0.25) is 0 Å². The lowest BCUT2D eigenvalue weighted by molar-refractivity contribution is 0.0526. The van der Waals surface area contributed by atoms with E-state index in [1.54, 1.807) is 24.1 Å². The molecule has 1 aliphatic heterocycles. The summed E-state index contributed by atoms with van der Waals surface area (Å²) >= 11 is 0. The van der Waals surface area contributed by atoms with Gasteiger partial charge in [0.1, 0.15) is 5.60 Å². The van der Waals surface area contributed by atoms with Gasteiger partial charge in [-0.2, -0.15) is 0 Å². The smallest absolute Gasteiger partial charge is 0.407 e. The number of amides is 2. The minimum atomic E-state index is -0.495. The van der Waals surface area contributed by atoms with Crippen LogP contribution in [0.3, 0.4) is 0 Å². The summed E-state index contributed by atoms with van der Waals surface area (Å²) in [5.74, 6) is 1.08. The van der Waals surface area contributed by atoms with Crippen molar-refractivity contribution in [1.82, 2.24) is 20.4 Å². The Hall–Kier alpha value is -2.71. The molecule has 9 heteroatoms. The number of nitrogens with zero attached hydrogens (tertiary/aromatic N) is 3. The van der Waals surface area contributed by atoms with Crippen molar-refractivity contribution in [3.8, 4) is 0 Å². The number of hydrogen-bond acceptors (Lipinski definition) is 5. The predicted octanol–water partition coefficient (Wildman–Crippen LogP) is 1.53. The second-order valence-corrected chi connectivity index (χ2v) is 7.51. The molecule has 2 rings (SSSR count). The monoisotopic (exact) mass is 393 g/mol. The number of piperazine rings is 1. The molecule has 1 aromatic rings. The van der Waals surface area contributed by atoms with E-state index in [4.69, 9.17) is 9.15 Å². The Morgan fingerprint density at radius 1 is 1.14 bits per heavy atom. The number of nitrogens with one attached hydrogen (secondary N) is 2. The fourth-order valence-corrected chi connectivity index (χ4v) is 2.80. The lowest BCUT2D eigenvalue weighted by Gasteiger charge is -2.36.